The molecule has 0 fully saturated rings. The summed E-state index contributed by atoms with van der Waals surface area (Å²) in [6.07, 6.45) is 2.20. The Hall–Kier alpha value is -1.71. The van der Waals surface area contributed by atoms with Crippen molar-refractivity contribution in [2.45, 2.75) is 38.6 Å². The molecule has 0 saturated carbocycles. The molecule has 1 atom stereocenters. The number of nitrogens with zero attached hydrogens (tertiary/aromatic N) is 2. The van der Waals surface area contributed by atoms with Crippen molar-refractivity contribution in [3.8, 4) is 0 Å². The third-order valence-corrected chi connectivity index (χ3v) is 5.82. The number of fused-ring (bicyclic) bond motifs is 3. The molecule has 1 aromatic heterocycles. The summed E-state index contributed by atoms with van der Waals surface area (Å²) in [5, 5.41) is 4.95. The summed E-state index contributed by atoms with van der Waals surface area (Å²) in [5.41, 5.74) is 4.57. The smallest absolute Gasteiger partial charge is 0.204 e. The molecule has 0 bridgehead atoms. The fraction of sp³-hybridized carbons (Fsp3) is 0.350. The fourth-order valence-electron chi connectivity index (χ4n) is 3.90. The second-order valence-corrected chi connectivity index (χ2v) is 7.44. The number of anilines is 1. The molecule has 4 rings (SSSR count). The number of rotatable bonds is 4. The predicted molar refractivity (Wildman–Crippen MR) is 106 cm³/mol. The lowest BCUT2D eigenvalue weighted by molar-refractivity contribution is 0.645. The van der Waals surface area contributed by atoms with Gasteiger partial charge in [-0.1, -0.05) is 55.2 Å². The molecule has 25 heavy (non-hydrogen) atoms. The van der Waals surface area contributed by atoms with Gasteiger partial charge in [0.2, 0.25) is 5.95 Å². The molecule has 0 spiro atoms. The normalized spacial score (nSPS) is 16.4. The minimum Gasteiger partial charge on any atom is -0.353 e. The lowest BCUT2D eigenvalue weighted by atomic mass is 9.93. The summed E-state index contributed by atoms with van der Waals surface area (Å²) in [6, 6.07) is 12.4. The van der Waals surface area contributed by atoms with Gasteiger partial charge in [-0.15, -0.1) is 0 Å². The molecule has 0 aliphatic carbocycles. The Labute approximate surface area is 158 Å². The van der Waals surface area contributed by atoms with Crippen LogP contribution in [0.15, 0.2) is 36.4 Å². The third-order valence-electron chi connectivity index (χ3n) is 5.27. The molecule has 0 amide bonds. The second kappa shape index (κ2) is 6.54. The molecule has 3 aromatic rings. The quantitative estimate of drug-likeness (QED) is 0.584. The van der Waals surface area contributed by atoms with Crippen LogP contribution in [0.4, 0.5) is 5.95 Å². The van der Waals surface area contributed by atoms with Crippen molar-refractivity contribution in [1.82, 2.24) is 9.55 Å². The summed E-state index contributed by atoms with van der Waals surface area (Å²) in [4.78, 5) is 4.91. The summed E-state index contributed by atoms with van der Waals surface area (Å²) in [5.74, 6) is 1.40. The molecule has 1 N–H and O–H groups in total. The molecule has 3 nitrogen and oxygen atoms in total. The Balaban J connectivity index is 1.90. The first kappa shape index (κ1) is 16.7. The SMILES string of the molecule is CCC(CC)c1ccc(Cl)c2c1nc1n2C(c2ccc(Cl)cc2)CN1. The van der Waals surface area contributed by atoms with Crippen LogP contribution >= 0.6 is 23.2 Å². The maximum absolute atomic E-state index is 6.61. The number of hydrogen-bond acceptors (Lipinski definition) is 2. The van der Waals surface area contributed by atoms with Crippen LogP contribution in [0.5, 0.6) is 0 Å². The minimum absolute atomic E-state index is 0.173. The third kappa shape index (κ3) is 2.70. The minimum atomic E-state index is 0.173. The number of nitrogens with one attached hydrogen (secondary N) is 1. The van der Waals surface area contributed by atoms with Gasteiger partial charge in [-0.05, 0) is 48.1 Å². The number of aromatic nitrogens is 2. The molecular weight excluding hydrogens is 353 g/mol. The van der Waals surface area contributed by atoms with Crippen LogP contribution in [0.1, 0.15) is 49.8 Å². The highest BCUT2D eigenvalue weighted by Crippen LogP contribution is 2.40. The summed E-state index contributed by atoms with van der Waals surface area (Å²) < 4.78 is 2.24. The molecule has 0 radical (unpaired) electrons. The molecule has 1 unspecified atom stereocenters. The number of benzene rings is 2. The molecule has 2 aromatic carbocycles. The molecule has 1 aliphatic heterocycles. The van der Waals surface area contributed by atoms with Gasteiger partial charge in [-0.2, -0.15) is 0 Å². The molecular formula is C20H21Cl2N3. The Kier molecular flexibility index (Phi) is 4.38. The van der Waals surface area contributed by atoms with Gasteiger partial charge in [-0.3, -0.25) is 4.57 Å². The van der Waals surface area contributed by atoms with Crippen LogP contribution in [0.25, 0.3) is 11.0 Å². The lowest BCUT2D eigenvalue weighted by Crippen LogP contribution is -2.10. The summed E-state index contributed by atoms with van der Waals surface area (Å²) >= 11 is 12.7. The topological polar surface area (TPSA) is 29.9 Å². The van der Waals surface area contributed by atoms with Crippen LogP contribution < -0.4 is 5.32 Å². The molecule has 130 valence electrons. The molecule has 5 heteroatoms. The van der Waals surface area contributed by atoms with Crippen molar-refractivity contribution in [3.05, 3.63) is 57.6 Å². The summed E-state index contributed by atoms with van der Waals surface area (Å²) in [7, 11) is 0. The first-order valence-electron chi connectivity index (χ1n) is 8.83. The van der Waals surface area contributed by atoms with E-state index in [-0.39, 0.29) is 6.04 Å². The van der Waals surface area contributed by atoms with Crippen LogP contribution in [0, 0.1) is 0 Å². The standard InChI is InChI=1S/C20H21Cl2N3/c1-3-12(4-2)15-9-10-16(22)19-18(15)24-20-23-11-17(25(19)20)13-5-7-14(21)8-6-13/h5-10,12,17H,3-4,11H2,1-2H3,(H,23,24). The van der Waals surface area contributed by atoms with E-state index in [1.165, 1.54) is 11.1 Å². The van der Waals surface area contributed by atoms with E-state index >= 15 is 0 Å². The van der Waals surface area contributed by atoms with Crippen LogP contribution in [0.3, 0.4) is 0 Å². The number of imidazole rings is 1. The van der Waals surface area contributed by atoms with Crippen molar-refractivity contribution in [2.75, 3.05) is 11.9 Å². The van der Waals surface area contributed by atoms with Gasteiger partial charge in [-0.25, -0.2) is 4.98 Å². The predicted octanol–water partition coefficient (Wildman–Crippen LogP) is 6.26. The monoisotopic (exact) mass is 373 g/mol. The maximum atomic E-state index is 6.61. The van der Waals surface area contributed by atoms with Gasteiger partial charge < -0.3 is 5.32 Å². The van der Waals surface area contributed by atoms with E-state index in [4.69, 9.17) is 28.2 Å². The van der Waals surface area contributed by atoms with E-state index in [0.717, 1.165) is 46.4 Å². The Morgan fingerprint density at radius 3 is 2.52 bits per heavy atom. The first-order valence-corrected chi connectivity index (χ1v) is 9.59. The van der Waals surface area contributed by atoms with Gasteiger partial charge in [0, 0.05) is 11.6 Å². The highest BCUT2D eigenvalue weighted by atomic mass is 35.5. The van der Waals surface area contributed by atoms with Crippen molar-refractivity contribution in [2.24, 2.45) is 0 Å². The molecule has 2 heterocycles. The Bertz CT molecular complexity index is 911. The van der Waals surface area contributed by atoms with E-state index in [1.54, 1.807) is 0 Å². The van der Waals surface area contributed by atoms with E-state index < -0.39 is 0 Å². The lowest BCUT2D eigenvalue weighted by Gasteiger charge is -2.17. The van der Waals surface area contributed by atoms with Crippen molar-refractivity contribution < 1.29 is 0 Å². The first-order chi connectivity index (χ1) is 12.1. The molecule has 1 aliphatic rings. The van der Waals surface area contributed by atoms with Gasteiger partial charge in [0.15, 0.2) is 0 Å². The zero-order valence-corrected chi connectivity index (χ0v) is 15.9. The maximum Gasteiger partial charge on any atom is 0.204 e. The van der Waals surface area contributed by atoms with Gasteiger partial charge in [0.1, 0.15) is 0 Å². The Morgan fingerprint density at radius 1 is 1.12 bits per heavy atom. The van der Waals surface area contributed by atoms with Gasteiger partial charge in [0.05, 0.1) is 22.1 Å². The average Bonchev–Trinajstić information content (AvgIpc) is 3.18. The van der Waals surface area contributed by atoms with Gasteiger partial charge in [0.25, 0.3) is 0 Å². The highest BCUT2D eigenvalue weighted by molar-refractivity contribution is 6.35. The largest absolute Gasteiger partial charge is 0.353 e. The van der Waals surface area contributed by atoms with E-state index in [2.05, 4.69) is 41.9 Å². The van der Waals surface area contributed by atoms with Crippen LogP contribution in [0.2, 0.25) is 10.0 Å². The van der Waals surface area contributed by atoms with Gasteiger partial charge >= 0.3 is 0 Å². The number of halogens is 2. The zero-order chi connectivity index (χ0) is 17.6. The van der Waals surface area contributed by atoms with E-state index in [0.29, 0.717) is 5.92 Å². The second-order valence-electron chi connectivity index (χ2n) is 6.60. The van der Waals surface area contributed by atoms with E-state index in [9.17, 15) is 0 Å². The average molecular weight is 374 g/mol. The summed E-state index contributed by atoms with van der Waals surface area (Å²) in [6.45, 7) is 5.27. The van der Waals surface area contributed by atoms with E-state index in [1.807, 2.05) is 18.2 Å². The molecule has 0 saturated heterocycles. The highest BCUT2D eigenvalue weighted by Gasteiger charge is 2.29. The number of hydrogen-bond donors (Lipinski definition) is 1. The Morgan fingerprint density at radius 2 is 1.84 bits per heavy atom. The van der Waals surface area contributed by atoms with Crippen molar-refractivity contribution >= 4 is 40.2 Å². The van der Waals surface area contributed by atoms with Crippen molar-refractivity contribution in [3.63, 3.8) is 0 Å². The zero-order valence-electron chi connectivity index (χ0n) is 14.4. The fourth-order valence-corrected chi connectivity index (χ4v) is 4.27. The van der Waals surface area contributed by atoms with Crippen molar-refractivity contribution in [1.29, 1.82) is 0 Å². The van der Waals surface area contributed by atoms with Crippen LogP contribution in [-0.4, -0.2) is 16.1 Å². The van der Waals surface area contributed by atoms with Crippen LogP contribution in [-0.2, 0) is 0 Å².